The van der Waals surface area contributed by atoms with Crippen molar-refractivity contribution in [3.8, 4) is 0 Å². The van der Waals surface area contributed by atoms with Gasteiger partial charge in [-0.3, -0.25) is 14.9 Å². The Morgan fingerprint density at radius 2 is 1.89 bits per heavy atom. The Hall–Kier alpha value is -1.65. The fourth-order valence-electron chi connectivity index (χ4n) is 1.33. The second-order valence-electron chi connectivity index (χ2n) is 3.68. The molecule has 19 heavy (non-hydrogen) atoms. The van der Waals surface area contributed by atoms with E-state index < -0.39 is 5.97 Å². The number of carboxylic acid groups (broad SMARTS) is 1. The Morgan fingerprint density at radius 1 is 1.26 bits per heavy atom. The Bertz CT molecular complexity index is 309. The summed E-state index contributed by atoms with van der Waals surface area (Å²) in [6, 6.07) is 0. The van der Waals surface area contributed by atoms with Gasteiger partial charge in [-0.15, -0.1) is 0 Å². The van der Waals surface area contributed by atoms with Crippen LogP contribution in [-0.2, 0) is 4.79 Å². The zero-order valence-electron chi connectivity index (χ0n) is 12.1. The molecule has 0 aromatic carbocycles. The molecule has 0 fully saturated rings. The number of allylic oxidation sites excluding steroid dienone is 3. The van der Waals surface area contributed by atoms with Crippen molar-refractivity contribution in [1.29, 1.82) is 0 Å². The predicted octanol–water partition coefficient (Wildman–Crippen LogP) is 4.17. The highest BCUT2D eigenvalue weighted by atomic mass is 16.6. The lowest BCUT2D eigenvalue weighted by atomic mass is 10.1. The van der Waals surface area contributed by atoms with Gasteiger partial charge < -0.3 is 5.11 Å². The van der Waals surface area contributed by atoms with Gasteiger partial charge in [-0.05, 0) is 31.8 Å². The van der Waals surface area contributed by atoms with Crippen molar-refractivity contribution in [3.05, 3.63) is 34.0 Å². The molecule has 0 amide bonds. The maximum atomic E-state index is 10.6. The average Bonchev–Trinajstić information content (AvgIpc) is 2.38. The van der Waals surface area contributed by atoms with E-state index in [1.165, 1.54) is 0 Å². The Morgan fingerprint density at radius 3 is 2.37 bits per heavy atom. The molecule has 0 aromatic rings. The summed E-state index contributed by atoms with van der Waals surface area (Å²) in [4.78, 5) is 20.4. The highest BCUT2D eigenvalue weighted by Crippen LogP contribution is 2.07. The topological polar surface area (TPSA) is 80.4 Å². The summed E-state index contributed by atoms with van der Waals surface area (Å²) in [5.41, 5.74) is 0.217. The van der Waals surface area contributed by atoms with Crippen molar-refractivity contribution in [2.75, 3.05) is 0 Å². The van der Waals surface area contributed by atoms with Crippen LogP contribution in [0.2, 0.25) is 0 Å². The molecule has 0 aromatic heterocycles. The van der Waals surface area contributed by atoms with Gasteiger partial charge in [-0.25, -0.2) is 0 Å². The van der Waals surface area contributed by atoms with Crippen LogP contribution in [0.1, 0.15) is 59.3 Å². The van der Waals surface area contributed by atoms with E-state index in [4.69, 9.17) is 5.11 Å². The highest BCUT2D eigenvalue weighted by molar-refractivity contribution is 5.66. The van der Waals surface area contributed by atoms with Crippen molar-refractivity contribution in [2.24, 2.45) is 0 Å². The quantitative estimate of drug-likeness (QED) is 0.295. The first-order valence-corrected chi connectivity index (χ1v) is 6.78. The van der Waals surface area contributed by atoms with E-state index in [1.807, 2.05) is 26.8 Å². The molecule has 0 unspecified atom stereocenters. The van der Waals surface area contributed by atoms with Crippen LogP contribution >= 0.6 is 0 Å². The molecule has 0 aliphatic rings. The molecule has 0 aliphatic heterocycles. The number of rotatable bonds is 9. The average molecular weight is 271 g/mol. The van der Waals surface area contributed by atoms with E-state index in [2.05, 4.69) is 0 Å². The van der Waals surface area contributed by atoms with Crippen molar-refractivity contribution >= 4 is 5.97 Å². The maximum Gasteiger partial charge on any atom is 0.303 e. The lowest BCUT2D eigenvalue weighted by Crippen LogP contribution is -1.97. The zero-order valence-corrected chi connectivity index (χ0v) is 12.1. The third-order valence-electron chi connectivity index (χ3n) is 2.18. The van der Waals surface area contributed by atoms with E-state index in [9.17, 15) is 14.9 Å². The molecule has 0 aliphatic carbocycles. The normalized spacial score (nSPS) is 11.0. The van der Waals surface area contributed by atoms with Gasteiger partial charge >= 0.3 is 5.97 Å². The van der Waals surface area contributed by atoms with E-state index in [0.29, 0.717) is 19.3 Å². The molecular formula is C14H25NO4. The summed E-state index contributed by atoms with van der Waals surface area (Å²) < 4.78 is 0. The molecule has 0 rings (SSSR count). The first-order valence-electron chi connectivity index (χ1n) is 6.78. The highest BCUT2D eigenvalue weighted by Gasteiger charge is 2.05. The van der Waals surface area contributed by atoms with Gasteiger partial charge in [-0.2, -0.15) is 0 Å². The van der Waals surface area contributed by atoms with Gasteiger partial charge in [0.05, 0.1) is 11.3 Å². The number of carboxylic acids is 1. The van der Waals surface area contributed by atoms with Crippen LogP contribution in [0.5, 0.6) is 0 Å². The Labute approximate surface area is 115 Å². The monoisotopic (exact) mass is 271 g/mol. The summed E-state index contributed by atoms with van der Waals surface area (Å²) >= 11 is 0. The van der Waals surface area contributed by atoms with E-state index in [-0.39, 0.29) is 17.0 Å². The van der Waals surface area contributed by atoms with E-state index in [0.717, 1.165) is 12.8 Å². The van der Waals surface area contributed by atoms with Crippen molar-refractivity contribution in [2.45, 2.75) is 59.3 Å². The van der Waals surface area contributed by atoms with Gasteiger partial charge in [0.25, 0.3) is 0 Å². The molecule has 0 atom stereocenters. The van der Waals surface area contributed by atoms with Gasteiger partial charge in [0.15, 0.2) is 0 Å². The number of unbranched alkanes of at least 4 members (excludes halogenated alkanes) is 2. The number of nitro groups is 1. The molecule has 110 valence electrons. The summed E-state index contributed by atoms with van der Waals surface area (Å²) in [5, 5.41) is 19.0. The molecular weight excluding hydrogens is 246 g/mol. The van der Waals surface area contributed by atoms with Crippen molar-refractivity contribution < 1.29 is 14.8 Å². The summed E-state index contributed by atoms with van der Waals surface area (Å²) in [6.07, 6.45) is 8.63. The second-order valence-corrected chi connectivity index (χ2v) is 3.68. The molecule has 5 heteroatoms. The standard InChI is InChI=1S/C12H19NO4.C2H6/c1-2-8-11(13(16)17)9-6-4-3-5-7-10-12(14)15;1-2/h4,6,8H,2-3,5,7,9-10H2,1H3,(H,14,15);1-2H3/b6-4-,11-8+;. The zero-order chi connectivity index (χ0) is 15.1. The number of hydrogen-bond acceptors (Lipinski definition) is 3. The molecule has 1 N–H and O–H groups in total. The van der Waals surface area contributed by atoms with Crippen LogP contribution in [-0.4, -0.2) is 16.0 Å². The predicted molar refractivity (Wildman–Crippen MR) is 76.6 cm³/mol. The molecule has 0 heterocycles. The third kappa shape index (κ3) is 14.3. The second kappa shape index (κ2) is 14.4. The minimum atomic E-state index is -0.782. The molecule has 0 bridgehead atoms. The van der Waals surface area contributed by atoms with Crippen LogP contribution in [0.25, 0.3) is 0 Å². The number of hydrogen-bond donors (Lipinski definition) is 1. The van der Waals surface area contributed by atoms with Crippen LogP contribution in [0.4, 0.5) is 0 Å². The van der Waals surface area contributed by atoms with Crippen LogP contribution in [0.3, 0.4) is 0 Å². The largest absolute Gasteiger partial charge is 0.481 e. The van der Waals surface area contributed by atoms with Crippen LogP contribution < -0.4 is 0 Å². The van der Waals surface area contributed by atoms with Gasteiger partial charge in [0, 0.05) is 6.42 Å². The summed E-state index contributed by atoms with van der Waals surface area (Å²) in [7, 11) is 0. The first-order chi connectivity index (χ1) is 9.07. The fourth-order valence-corrected chi connectivity index (χ4v) is 1.33. The smallest absolute Gasteiger partial charge is 0.303 e. The Kier molecular flexibility index (Phi) is 14.9. The summed E-state index contributed by atoms with van der Waals surface area (Å²) in [5.74, 6) is -0.782. The first kappa shape index (κ1) is 19.7. The van der Waals surface area contributed by atoms with E-state index >= 15 is 0 Å². The molecule has 0 spiro atoms. The lowest BCUT2D eigenvalue weighted by Gasteiger charge is -1.94. The van der Waals surface area contributed by atoms with Crippen LogP contribution in [0.15, 0.2) is 23.9 Å². The van der Waals surface area contributed by atoms with Crippen LogP contribution in [0, 0.1) is 10.1 Å². The fraction of sp³-hybridized carbons (Fsp3) is 0.643. The van der Waals surface area contributed by atoms with E-state index in [1.54, 1.807) is 12.2 Å². The van der Waals surface area contributed by atoms with Gasteiger partial charge in [0.2, 0.25) is 5.70 Å². The Balaban J connectivity index is 0. The lowest BCUT2D eigenvalue weighted by molar-refractivity contribution is -0.427. The van der Waals surface area contributed by atoms with Gasteiger partial charge in [0.1, 0.15) is 0 Å². The number of carbonyl (C=O) groups is 1. The van der Waals surface area contributed by atoms with Crippen molar-refractivity contribution in [3.63, 3.8) is 0 Å². The maximum absolute atomic E-state index is 10.6. The van der Waals surface area contributed by atoms with Crippen molar-refractivity contribution in [1.82, 2.24) is 0 Å². The number of aliphatic carboxylic acids is 1. The number of nitrogens with zero attached hydrogens (tertiary/aromatic N) is 1. The third-order valence-corrected chi connectivity index (χ3v) is 2.18. The summed E-state index contributed by atoms with van der Waals surface area (Å²) in [6.45, 7) is 5.86. The van der Waals surface area contributed by atoms with Gasteiger partial charge in [-0.1, -0.05) is 32.9 Å². The minimum absolute atomic E-state index is 0.184. The molecule has 0 saturated carbocycles. The SMILES string of the molecule is CC.CC/C=C(\C/C=C\CCCCC(=O)O)[N+](=O)[O-]. The minimum Gasteiger partial charge on any atom is -0.481 e. The molecule has 5 nitrogen and oxygen atoms in total. The molecule has 0 radical (unpaired) electrons. The molecule has 0 saturated heterocycles.